The fraction of sp³-hybridized carbons (Fsp3) is 0.133. The number of phenolic OH excluding ortho intramolecular Hbond substituents is 5. The summed E-state index contributed by atoms with van der Waals surface area (Å²) in [4.78, 5) is 0. The molecule has 4 aromatic rings. The monoisotopic (exact) mass is 514 g/mol. The Morgan fingerprint density at radius 1 is 0.632 bits per heavy atom. The van der Waals surface area contributed by atoms with Crippen molar-refractivity contribution >= 4 is 12.2 Å². The number of hydrogen-bond donors (Lipinski definition) is 5. The third-order valence-corrected chi connectivity index (χ3v) is 6.49. The molecule has 8 heteroatoms. The lowest BCUT2D eigenvalue weighted by atomic mass is 9.82. The van der Waals surface area contributed by atoms with Crippen molar-refractivity contribution in [3.05, 3.63) is 94.5 Å². The van der Waals surface area contributed by atoms with E-state index in [1.54, 1.807) is 48.6 Å². The van der Waals surface area contributed by atoms with Gasteiger partial charge in [-0.2, -0.15) is 0 Å². The molecule has 0 spiro atoms. The number of methoxy groups -OCH3 is 2. The molecule has 0 unspecified atom stereocenters. The van der Waals surface area contributed by atoms with Gasteiger partial charge in [-0.1, -0.05) is 12.2 Å². The average molecular weight is 515 g/mol. The van der Waals surface area contributed by atoms with Crippen LogP contribution >= 0.6 is 0 Å². The van der Waals surface area contributed by atoms with Crippen LogP contribution in [0.3, 0.4) is 0 Å². The Morgan fingerprint density at radius 2 is 1.24 bits per heavy atom. The van der Waals surface area contributed by atoms with Crippen LogP contribution in [0.4, 0.5) is 0 Å². The molecule has 0 bridgehead atoms. The lowest BCUT2D eigenvalue weighted by Gasteiger charge is -2.23. The van der Waals surface area contributed by atoms with Crippen molar-refractivity contribution in [2.45, 2.75) is 12.0 Å². The maximum absolute atomic E-state index is 10.5. The maximum Gasteiger partial charge on any atom is 0.138 e. The minimum absolute atomic E-state index is 0.0168. The fourth-order valence-corrected chi connectivity index (χ4v) is 4.89. The van der Waals surface area contributed by atoms with Gasteiger partial charge in [-0.25, -0.2) is 0 Å². The molecule has 1 aliphatic rings. The standard InChI is InChI=1S/C30H26O8/c1-36-25-13-19(31)6-5-16(25)3-4-17-9-23(35)15-27-28(17)29(18-10-21(33)12-22(34)11-18)30(38-27)24-8-7-20(32)14-26(24)37-2/h3-15,29-35H,1-2H3/b4-3+/t29-,30+/m1/s1. The van der Waals surface area contributed by atoms with Crippen molar-refractivity contribution in [2.24, 2.45) is 0 Å². The number of aromatic hydroxyl groups is 5. The number of fused-ring (bicyclic) bond motifs is 1. The molecule has 1 aliphatic heterocycles. The van der Waals surface area contributed by atoms with Gasteiger partial charge in [0.1, 0.15) is 52.1 Å². The first-order chi connectivity index (χ1) is 18.3. The minimum atomic E-state index is -0.682. The molecule has 0 radical (unpaired) electrons. The zero-order valence-corrected chi connectivity index (χ0v) is 20.6. The topological polar surface area (TPSA) is 129 Å². The highest BCUT2D eigenvalue weighted by molar-refractivity contribution is 5.77. The van der Waals surface area contributed by atoms with Crippen LogP contribution in [0.1, 0.15) is 39.8 Å². The van der Waals surface area contributed by atoms with Crippen LogP contribution in [-0.2, 0) is 0 Å². The molecule has 8 nitrogen and oxygen atoms in total. The van der Waals surface area contributed by atoms with Crippen molar-refractivity contribution in [2.75, 3.05) is 14.2 Å². The number of ether oxygens (including phenoxy) is 3. The highest BCUT2D eigenvalue weighted by Gasteiger charge is 2.40. The molecule has 0 fully saturated rings. The predicted molar refractivity (Wildman–Crippen MR) is 141 cm³/mol. The summed E-state index contributed by atoms with van der Waals surface area (Å²) in [5.41, 5.74) is 3.24. The summed E-state index contributed by atoms with van der Waals surface area (Å²) in [6, 6.07) is 16.9. The third-order valence-electron chi connectivity index (χ3n) is 6.49. The molecule has 5 N–H and O–H groups in total. The minimum Gasteiger partial charge on any atom is -0.508 e. The lowest BCUT2D eigenvalue weighted by Crippen LogP contribution is -2.13. The van der Waals surface area contributed by atoms with Gasteiger partial charge in [0.2, 0.25) is 0 Å². The summed E-state index contributed by atoms with van der Waals surface area (Å²) in [6.07, 6.45) is 2.90. The van der Waals surface area contributed by atoms with Gasteiger partial charge in [-0.3, -0.25) is 0 Å². The Morgan fingerprint density at radius 3 is 1.92 bits per heavy atom. The molecule has 0 saturated carbocycles. The zero-order chi connectivity index (χ0) is 27.0. The van der Waals surface area contributed by atoms with Crippen LogP contribution in [0.15, 0.2) is 66.7 Å². The number of hydrogen-bond acceptors (Lipinski definition) is 8. The highest BCUT2D eigenvalue weighted by atomic mass is 16.5. The predicted octanol–water partition coefficient (Wildman–Crippen LogP) is 5.67. The summed E-state index contributed by atoms with van der Waals surface area (Å²) in [7, 11) is 2.99. The highest BCUT2D eigenvalue weighted by Crippen LogP contribution is 2.54. The molecule has 2 atom stereocenters. The summed E-state index contributed by atoms with van der Waals surface area (Å²) in [5, 5.41) is 50.9. The van der Waals surface area contributed by atoms with E-state index in [1.807, 2.05) is 0 Å². The van der Waals surface area contributed by atoms with E-state index in [4.69, 9.17) is 14.2 Å². The van der Waals surface area contributed by atoms with Gasteiger partial charge in [0.15, 0.2) is 0 Å². The van der Waals surface area contributed by atoms with Gasteiger partial charge in [0.05, 0.1) is 20.1 Å². The Kier molecular flexibility index (Phi) is 6.38. The molecule has 5 rings (SSSR count). The second kappa shape index (κ2) is 9.82. The van der Waals surface area contributed by atoms with E-state index in [0.29, 0.717) is 45.1 Å². The van der Waals surface area contributed by atoms with E-state index in [1.165, 1.54) is 44.6 Å². The molecule has 4 aromatic carbocycles. The molecule has 0 amide bonds. The smallest absolute Gasteiger partial charge is 0.138 e. The third kappa shape index (κ3) is 4.59. The SMILES string of the molecule is COc1cc(O)ccc1/C=C/c1cc(O)cc2c1[C@@H](c1cc(O)cc(O)c1)[C@H](c1ccc(O)cc1OC)O2. The van der Waals surface area contributed by atoms with Gasteiger partial charge in [0.25, 0.3) is 0 Å². The fourth-order valence-electron chi connectivity index (χ4n) is 4.89. The van der Waals surface area contributed by atoms with Gasteiger partial charge < -0.3 is 39.7 Å². The first-order valence-electron chi connectivity index (χ1n) is 11.8. The summed E-state index contributed by atoms with van der Waals surface area (Å²) < 4.78 is 17.3. The van der Waals surface area contributed by atoms with E-state index in [2.05, 4.69) is 0 Å². The summed E-state index contributed by atoms with van der Waals surface area (Å²) in [6.45, 7) is 0. The van der Waals surface area contributed by atoms with Crippen LogP contribution in [0.2, 0.25) is 0 Å². The summed E-state index contributed by atoms with van der Waals surface area (Å²) >= 11 is 0. The Labute approximate surface area is 218 Å². The first kappa shape index (κ1) is 24.7. The number of benzene rings is 4. The van der Waals surface area contributed by atoms with Gasteiger partial charge in [-0.15, -0.1) is 0 Å². The van der Waals surface area contributed by atoms with Crippen LogP contribution in [0.5, 0.6) is 46.0 Å². The van der Waals surface area contributed by atoms with Crippen molar-refractivity contribution in [1.29, 1.82) is 0 Å². The summed E-state index contributed by atoms with van der Waals surface area (Å²) in [5.74, 6) is 0.583. The van der Waals surface area contributed by atoms with E-state index in [-0.39, 0.29) is 28.7 Å². The number of rotatable bonds is 6. The van der Waals surface area contributed by atoms with Crippen molar-refractivity contribution in [3.8, 4) is 46.0 Å². The molecular weight excluding hydrogens is 488 g/mol. The molecule has 38 heavy (non-hydrogen) atoms. The first-order valence-corrected chi connectivity index (χ1v) is 11.8. The van der Waals surface area contributed by atoms with Crippen molar-refractivity contribution in [3.63, 3.8) is 0 Å². The molecular formula is C30H26O8. The maximum atomic E-state index is 10.5. The van der Waals surface area contributed by atoms with Crippen molar-refractivity contribution < 1.29 is 39.7 Å². The van der Waals surface area contributed by atoms with Gasteiger partial charge in [0, 0.05) is 41.0 Å². The van der Waals surface area contributed by atoms with Crippen molar-refractivity contribution in [1.82, 2.24) is 0 Å². The van der Waals surface area contributed by atoms with E-state index < -0.39 is 12.0 Å². The molecule has 1 heterocycles. The van der Waals surface area contributed by atoms with Crippen LogP contribution in [0, 0.1) is 0 Å². The lowest BCUT2D eigenvalue weighted by molar-refractivity contribution is 0.215. The normalized spacial score (nSPS) is 16.3. The molecule has 0 aliphatic carbocycles. The van der Waals surface area contributed by atoms with Crippen LogP contribution in [-0.4, -0.2) is 39.8 Å². The largest absolute Gasteiger partial charge is 0.508 e. The number of phenols is 5. The second-order valence-corrected chi connectivity index (χ2v) is 8.93. The van der Waals surface area contributed by atoms with Gasteiger partial charge >= 0.3 is 0 Å². The van der Waals surface area contributed by atoms with E-state index >= 15 is 0 Å². The Hall–Kier alpha value is -4.98. The zero-order valence-electron chi connectivity index (χ0n) is 20.6. The van der Waals surface area contributed by atoms with Gasteiger partial charge in [-0.05, 0) is 53.6 Å². The second-order valence-electron chi connectivity index (χ2n) is 8.93. The van der Waals surface area contributed by atoms with E-state index in [9.17, 15) is 25.5 Å². The van der Waals surface area contributed by atoms with Crippen LogP contribution in [0.25, 0.3) is 12.2 Å². The molecule has 0 saturated heterocycles. The molecule has 194 valence electrons. The Balaban J connectivity index is 1.70. The average Bonchev–Trinajstić information content (AvgIpc) is 3.26. The van der Waals surface area contributed by atoms with Crippen LogP contribution < -0.4 is 14.2 Å². The Bertz CT molecular complexity index is 1520. The van der Waals surface area contributed by atoms with E-state index in [0.717, 1.165) is 0 Å². The quantitative estimate of drug-likeness (QED) is 0.208. The molecule has 0 aromatic heterocycles.